The number of hydrogen-bond donors (Lipinski definition) is 2. The van der Waals surface area contributed by atoms with Gasteiger partial charge >= 0.3 is 12.7 Å². The van der Waals surface area contributed by atoms with Crippen molar-refractivity contribution in [3.05, 3.63) is 23.9 Å². The number of aromatic nitrogens is 1. The van der Waals surface area contributed by atoms with Crippen LogP contribution in [0.2, 0.25) is 0 Å². The molecule has 1 aromatic heterocycles. The fourth-order valence-corrected chi connectivity index (χ4v) is 1.48. The van der Waals surface area contributed by atoms with E-state index in [4.69, 9.17) is 4.74 Å². The van der Waals surface area contributed by atoms with Crippen LogP contribution in [0.4, 0.5) is 13.6 Å². The highest BCUT2D eigenvalue weighted by atomic mass is 19.3. The summed E-state index contributed by atoms with van der Waals surface area (Å²) in [6, 6.07) is 1.86. The molecule has 2 N–H and O–H groups in total. The lowest BCUT2D eigenvalue weighted by molar-refractivity contribution is -0.0529. The summed E-state index contributed by atoms with van der Waals surface area (Å²) in [5, 5.41) is 11.8. The predicted molar refractivity (Wildman–Crippen MR) is 70.1 cm³/mol. The molecule has 0 aliphatic rings. The zero-order chi connectivity index (χ0) is 16.0. The first-order chi connectivity index (χ1) is 9.71. The predicted octanol–water partition coefficient (Wildman–Crippen LogP) is 2.24. The Kier molecular flexibility index (Phi) is 5.83. The van der Waals surface area contributed by atoms with Gasteiger partial charge < -0.3 is 19.9 Å². The van der Waals surface area contributed by atoms with E-state index in [1.807, 2.05) is 0 Å². The third-order valence-electron chi connectivity index (χ3n) is 2.24. The standard InChI is InChI=1S/C13H18F2N2O4/c1-13(2,3)21-12(19)17-9(7-18)8-4-5-16-10(6-8)20-11(14)15/h4-6,9,11,18H,7H2,1-3H3,(H,17,19). The molecule has 1 rings (SSSR count). The molecule has 0 saturated carbocycles. The summed E-state index contributed by atoms with van der Waals surface area (Å²) in [5.41, 5.74) is -0.319. The Morgan fingerprint density at radius 3 is 2.67 bits per heavy atom. The average Bonchev–Trinajstić information content (AvgIpc) is 2.33. The molecule has 0 aliphatic heterocycles. The van der Waals surface area contributed by atoms with Crippen LogP contribution >= 0.6 is 0 Å². The second kappa shape index (κ2) is 7.16. The van der Waals surface area contributed by atoms with Crippen LogP contribution in [0.3, 0.4) is 0 Å². The Balaban J connectivity index is 2.78. The third-order valence-corrected chi connectivity index (χ3v) is 2.24. The van der Waals surface area contributed by atoms with Crippen molar-refractivity contribution in [3.8, 4) is 5.88 Å². The maximum Gasteiger partial charge on any atom is 0.408 e. The first kappa shape index (κ1) is 17.1. The Morgan fingerprint density at radius 2 is 2.14 bits per heavy atom. The largest absolute Gasteiger partial charge is 0.444 e. The Bertz CT molecular complexity index is 477. The molecule has 0 saturated heterocycles. The molecular weight excluding hydrogens is 286 g/mol. The van der Waals surface area contributed by atoms with Crippen molar-refractivity contribution in [3.63, 3.8) is 0 Å². The van der Waals surface area contributed by atoms with E-state index in [0.29, 0.717) is 5.56 Å². The van der Waals surface area contributed by atoms with E-state index in [0.717, 1.165) is 0 Å². The highest BCUT2D eigenvalue weighted by Gasteiger charge is 2.20. The molecule has 0 radical (unpaired) electrons. The minimum Gasteiger partial charge on any atom is -0.444 e. The molecule has 6 nitrogen and oxygen atoms in total. The van der Waals surface area contributed by atoms with E-state index < -0.39 is 31.0 Å². The molecule has 0 spiro atoms. The molecule has 1 atom stereocenters. The molecular formula is C13H18F2N2O4. The maximum absolute atomic E-state index is 12.1. The fraction of sp³-hybridized carbons (Fsp3) is 0.538. The fourth-order valence-electron chi connectivity index (χ4n) is 1.48. The van der Waals surface area contributed by atoms with E-state index in [9.17, 15) is 18.7 Å². The highest BCUT2D eigenvalue weighted by Crippen LogP contribution is 2.19. The SMILES string of the molecule is CC(C)(C)OC(=O)NC(CO)c1ccnc(OC(F)F)c1. The summed E-state index contributed by atoms with van der Waals surface area (Å²) in [6.45, 7) is 1.65. The first-order valence-corrected chi connectivity index (χ1v) is 6.22. The molecule has 0 aliphatic carbocycles. The molecule has 0 aromatic carbocycles. The number of amides is 1. The number of aliphatic hydroxyl groups excluding tert-OH is 1. The van der Waals surface area contributed by atoms with E-state index in [-0.39, 0.29) is 5.88 Å². The zero-order valence-corrected chi connectivity index (χ0v) is 12.0. The molecule has 0 fully saturated rings. The van der Waals surface area contributed by atoms with Gasteiger partial charge in [-0.15, -0.1) is 0 Å². The van der Waals surface area contributed by atoms with Crippen molar-refractivity contribution in [2.45, 2.75) is 39.0 Å². The number of alkyl halides is 2. The number of carbonyl (C=O) groups excluding carboxylic acids is 1. The minimum absolute atomic E-state index is 0.299. The van der Waals surface area contributed by atoms with Crippen LogP contribution in [-0.4, -0.2) is 35.0 Å². The quantitative estimate of drug-likeness (QED) is 0.872. The number of alkyl carbamates (subject to hydrolysis) is 1. The van der Waals surface area contributed by atoms with Crippen LogP contribution in [0.1, 0.15) is 32.4 Å². The summed E-state index contributed by atoms with van der Waals surface area (Å²) in [6.07, 6.45) is 0.515. The first-order valence-electron chi connectivity index (χ1n) is 6.22. The van der Waals surface area contributed by atoms with Gasteiger partial charge in [0.15, 0.2) is 0 Å². The smallest absolute Gasteiger partial charge is 0.408 e. The van der Waals surface area contributed by atoms with Crippen LogP contribution < -0.4 is 10.1 Å². The van der Waals surface area contributed by atoms with E-state index in [2.05, 4.69) is 15.0 Å². The number of aliphatic hydroxyl groups is 1. The van der Waals surface area contributed by atoms with Gasteiger partial charge in [0.25, 0.3) is 0 Å². The van der Waals surface area contributed by atoms with Gasteiger partial charge in [-0.05, 0) is 32.4 Å². The Labute approximate surface area is 121 Å². The van der Waals surface area contributed by atoms with Crippen molar-refractivity contribution in [2.24, 2.45) is 0 Å². The average molecular weight is 304 g/mol. The normalized spacial score (nSPS) is 12.9. The van der Waals surface area contributed by atoms with Gasteiger partial charge in [0.05, 0.1) is 12.6 Å². The summed E-state index contributed by atoms with van der Waals surface area (Å²) >= 11 is 0. The van der Waals surface area contributed by atoms with Crippen LogP contribution in [0, 0.1) is 0 Å². The van der Waals surface area contributed by atoms with Crippen LogP contribution in [-0.2, 0) is 4.74 Å². The molecule has 1 amide bonds. The topological polar surface area (TPSA) is 80.7 Å². The van der Waals surface area contributed by atoms with Crippen molar-refractivity contribution < 1.29 is 28.2 Å². The lowest BCUT2D eigenvalue weighted by Gasteiger charge is -2.23. The molecule has 8 heteroatoms. The monoisotopic (exact) mass is 304 g/mol. The van der Waals surface area contributed by atoms with Gasteiger partial charge in [-0.25, -0.2) is 9.78 Å². The second-order valence-corrected chi connectivity index (χ2v) is 5.19. The molecule has 21 heavy (non-hydrogen) atoms. The van der Waals surface area contributed by atoms with E-state index in [1.165, 1.54) is 18.3 Å². The lowest BCUT2D eigenvalue weighted by atomic mass is 10.1. The molecule has 118 valence electrons. The number of hydrogen-bond acceptors (Lipinski definition) is 5. The van der Waals surface area contributed by atoms with Gasteiger partial charge in [0.1, 0.15) is 5.60 Å². The van der Waals surface area contributed by atoms with E-state index >= 15 is 0 Å². The lowest BCUT2D eigenvalue weighted by Crippen LogP contribution is -2.36. The molecule has 1 heterocycles. The van der Waals surface area contributed by atoms with Crippen molar-refractivity contribution in [1.82, 2.24) is 10.3 Å². The van der Waals surface area contributed by atoms with Crippen molar-refractivity contribution in [1.29, 1.82) is 0 Å². The van der Waals surface area contributed by atoms with Gasteiger partial charge in [0.2, 0.25) is 5.88 Å². The Hall–Kier alpha value is -1.96. The summed E-state index contributed by atoms with van der Waals surface area (Å²) < 4.78 is 33.5. The van der Waals surface area contributed by atoms with E-state index in [1.54, 1.807) is 20.8 Å². The van der Waals surface area contributed by atoms with Gasteiger partial charge in [-0.2, -0.15) is 8.78 Å². The van der Waals surface area contributed by atoms with Crippen LogP contribution in [0.25, 0.3) is 0 Å². The number of nitrogens with one attached hydrogen (secondary N) is 1. The minimum atomic E-state index is -3.00. The van der Waals surface area contributed by atoms with Crippen LogP contribution in [0.5, 0.6) is 5.88 Å². The second-order valence-electron chi connectivity index (χ2n) is 5.19. The van der Waals surface area contributed by atoms with Crippen LogP contribution in [0.15, 0.2) is 18.3 Å². The molecule has 1 unspecified atom stereocenters. The maximum atomic E-state index is 12.1. The van der Waals surface area contributed by atoms with Crippen molar-refractivity contribution in [2.75, 3.05) is 6.61 Å². The Morgan fingerprint density at radius 1 is 1.48 bits per heavy atom. The van der Waals surface area contributed by atoms with Gasteiger partial charge in [-0.3, -0.25) is 0 Å². The number of carbonyl (C=O) groups is 1. The molecule has 0 bridgehead atoms. The number of halogens is 2. The summed E-state index contributed by atoms with van der Waals surface area (Å²) in [4.78, 5) is 15.3. The summed E-state index contributed by atoms with van der Waals surface area (Å²) in [7, 11) is 0. The number of nitrogens with zero attached hydrogens (tertiary/aromatic N) is 1. The number of pyridine rings is 1. The van der Waals surface area contributed by atoms with Gasteiger partial charge in [-0.1, -0.05) is 0 Å². The highest BCUT2D eigenvalue weighted by molar-refractivity contribution is 5.68. The number of ether oxygens (including phenoxy) is 2. The third kappa shape index (κ3) is 6.35. The zero-order valence-electron chi connectivity index (χ0n) is 12.0. The molecule has 1 aromatic rings. The number of rotatable bonds is 5. The van der Waals surface area contributed by atoms with Gasteiger partial charge in [0, 0.05) is 12.3 Å². The summed E-state index contributed by atoms with van der Waals surface area (Å²) in [5.74, 6) is -0.299. The van der Waals surface area contributed by atoms with Crippen molar-refractivity contribution >= 4 is 6.09 Å².